The largest absolute Gasteiger partial charge is 0.332 e. The minimum atomic E-state index is -2.70. The van der Waals surface area contributed by atoms with Gasteiger partial charge in [0.25, 0.3) is 6.43 Å². The number of carbonyl (C=O) groups excluding carboxylic acids is 1. The number of hydrogen-bond acceptors (Lipinski definition) is 2. The van der Waals surface area contributed by atoms with Crippen LogP contribution in [0.3, 0.4) is 0 Å². The monoisotopic (exact) mass is 322 g/mol. The Bertz CT molecular complexity index is 685. The maximum absolute atomic E-state index is 13.7. The van der Waals surface area contributed by atoms with Crippen molar-refractivity contribution in [2.75, 3.05) is 0 Å². The Morgan fingerprint density at radius 2 is 2.13 bits per heavy atom. The molecule has 2 aliphatic heterocycles. The second-order valence-corrected chi connectivity index (χ2v) is 6.36. The Hall–Kier alpha value is -2.03. The Balaban J connectivity index is 1.98. The normalized spacial score (nSPS) is 29.9. The highest BCUT2D eigenvalue weighted by Crippen LogP contribution is 2.52. The van der Waals surface area contributed by atoms with Crippen LogP contribution in [0.25, 0.3) is 0 Å². The van der Waals surface area contributed by atoms with Gasteiger partial charge in [-0.3, -0.25) is 4.79 Å². The fourth-order valence-corrected chi connectivity index (χ4v) is 3.98. The molecule has 1 aromatic carbocycles. The molecule has 0 saturated carbocycles. The predicted octanol–water partition coefficient (Wildman–Crippen LogP) is 3.79. The van der Waals surface area contributed by atoms with Crippen molar-refractivity contribution in [3.63, 3.8) is 0 Å². The molecular weight excluding hydrogens is 305 g/mol. The summed E-state index contributed by atoms with van der Waals surface area (Å²) in [5.41, 5.74) is -0.932. The number of carbonyl (C=O) groups is 1. The first-order valence-electron chi connectivity index (χ1n) is 7.74. The van der Waals surface area contributed by atoms with E-state index in [1.165, 1.54) is 17.0 Å². The number of nitriles is 1. The fraction of sp³-hybridized carbons (Fsp3) is 0.529. The van der Waals surface area contributed by atoms with Crippen molar-refractivity contribution in [1.82, 2.24) is 4.90 Å². The maximum Gasteiger partial charge on any atom is 0.252 e. The topological polar surface area (TPSA) is 44.1 Å². The fourth-order valence-electron chi connectivity index (χ4n) is 3.98. The van der Waals surface area contributed by atoms with Crippen LogP contribution in [-0.2, 0) is 4.79 Å². The molecule has 0 aliphatic carbocycles. The zero-order valence-electron chi connectivity index (χ0n) is 12.7. The predicted molar refractivity (Wildman–Crippen MR) is 77.1 cm³/mol. The maximum atomic E-state index is 13.7. The van der Waals surface area contributed by atoms with E-state index < -0.39 is 29.6 Å². The molecule has 3 rings (SSSR count). The Morgan fingerprint density at radius 3 is 2.74 bits per heavy atom. The lowest BCUT2D eigenvalue weighted by Crippen LogP contribution is -2.40. The number of alkyl halides is 2. The van der Waals surface area contributed by atoms with Crippen molar-refractivity contribution in [2.24, 2.45) is 5.41 Å². The van der Waals surface area contributed by atoms with E-state index in [2.05, 4.69) is 0 Å². The SMILES string of the molecule is CCC1(C(F)F)C[C@@H]2CC[C@H](c3cc(F)cc(C#N)c3)N2C1=O. The molecule has 3 nitrogen and oxygen atoms in total. The lowest BCUT2D eigenvalue weighted by Gasteiger charge is -2.29. The zero-order chi connectivity index (χ0) is 16.8. The van der Waals surface area contributed by atoms with Gasteiger partial charge in [0.05, 0.1) is 17.7 Å². The highest BCUT2D eigenvalue weighted by Gasteiger charge is 2.59. The molecule has 2 aliphatic rings. The van der Waals surface area contributed by atoms with Crippen molar-refractivity contribution in [2.45, 2.75) is 51.1 Å². The van der Waals surface area contributed by atoms with Crippen LogP contribution in [0.2, 0.25) is 0 Å². The average Bonchev–Trinajstić information content (AvgIpc) is 3.05. The zero-order valence-corrected chi connectivity index (χ0v) is 12.7. The van der Waals surface area contributed by atoms with Crippen LogP contribution < -0.4 is 0 Å². The lowest BCUT2D eigenvalue weighted by atomic mass is 9.81. The summed E-state index contributed by atoms with van der Waals surface area (Å²) in [5.74, 6) is -1.09. The quantitative estimate of drug-likeness (QED) is 0.850. The van der Waals surface area contributed by atoms with Crippen molar-refractivity contribution in [1.29, 1.82) is 5.26 Å². The standard InChI is InChI=1S/C17H17F3N2O/c1-2-17(15(19)20)8-13-3-4-14(22(13)16(17)23)11-5-10(9-21)6-12(18)7-11/h5-7,13-15H,2-4,8H2,1H3/t13-,14+,17?/m0/s1. The molecule has 1 unspecified atom stereocenters. The molecule has 3 atom stereocenters. The number of fused-ring (bicyclic) bond motifs is 1. The molecule has 0 radical (unpaired) electrons. The number of hydrogen-bond donors (Lipinski definition) is 0. The molecule has 0 spiro atoms. The van der Waals surface area contributed by atoms with Gasteiger partial charge in [0.2, 0.25) is 5.91 Å². The molecular formula is C17H17F3N2O. The van der Waals surface area contributed by atoms with Gasteiger partial charge in [-0.05, 0) is 49.4 Å². The van der Waals surface area contributed by atoms with Crippen molar-refractivity contribution < 1.29 is 18.0 Å². The second kappa shape index (κ2) is 5.55. The number of rotatable bonds is 3. The molecule has 2 fully saturated rings. The van der Waals surface area contributed by atoms with Crippen LogP contribution in [0, 0.1) is 22.6 Å². The Kier molecular flexibility index (Phi) is 3.83. The van der Waals surface area contributed by atoms with Gasteiger partial charge in [0.1, 0.15) is 11.2 Å². The third-order valence-electron chi connectivity index (χ3n) is 5.25. The van der Waals surface area contributed by atoms with E-state index in [-0.39, 0.29) is 24.4 Å². The summed E-state index contributed by atoms with van der Waals surface area (Å²) in [6.07, 6.45) is -1.22. The van der Waals surface area contributed by atoms with E-state index in [0.717, 1.165) is 6.07 Å². The lowest BCUT2D eigenvalue weighted by molar-refractivity contribution is -0.146. The van der Waals surface area contributed by atoms with Crippen molar-refractivity contribution in [3.8, 4) is 6.07 Å². The molecule has 23 heavy (non-hydrogen) atoms. The third-order valence-corrected chi connectivity index (χ3v) is 5.25. The molecule has 122 valence electrons. The molecule has 1 aromatic rings. The van der Waals surface area contributed by atoms with Crippen LogP contribution >= 0.6 is 0 Å². The van der Waals surface area contributed by atoms with Gasteiger partial charge in [0.15, 0.2) is 0 Å². The van der Waals surface area contributed by atoms with Gasteiger partial charge in [0, 0.05) is 6.04 Å². The number of amides is 1. The summed E-state index contributed by atoms with van der Waals surface area (Å²) in [6.45, 7) is 1.61. The average molecular weight is 322 g/mol. The van der Waals surface area contributed by atoms with E-state index in [0.29, 0.717) is 18.4 Å². The van der Waals surface area contributed by atoms with E-state index in [1.54, 1.807) is 6.92 Å². The summed E-state index contributed by atoms with van der Waals surface area (Å²) in [4.78, 5) is 14.2. The van der Waals surface area contributed by atoms with Crippen LogP contribution in [0.4, 0.5) is 13.2 Å². The summed E-state index contributed by atoms with van der Waals surface area (Å²) in [7, 11) is 0. The van der Waals surface area contributed by atoms with E-state index in [1.807, 2.05) is 6.07 Å². The number of halogens is 3. The third kappa shape index (κ3) is 2.30. The van der Waals surface area contributed by atoms with Gasteiger partial charge in [-0.25, -0.2) is 13.2 Å². The van der Waals surface area contributed by atoms with Gasteiger partial charge in [-0.1, -0.05) is 6.92 Å². The van der Waals surface area contributed by atoms with Crippen LogP contribution in [0.15, 0.2) is 18.2 Å². The minimum Gasteiger partial charge on any atom is -0.332 e. The van der Waals surface area contributed by atoms with Gasteiger partial charge < -0.3 is 4.90 Å². The molecule has 6 heteroatoms. The number of benzene rings is 1. The molecule has 0 N–H and O–H groups in total. The smallest absolute Gasteiger partial charge is 0.252 e. The molecule has 1 amide bonds. The van der Waals surface area contributed by atoms with Crippen LogP contribution in [0.5, 0.6) is 0 Å². The highest BCUT2D eigenvalue weighted by molar-refractivity contribution is 5.86. The molecule has 2 heterocycles. The Labute approximate surface area is 132 Å². The highest BCUT2D eigenvalue weighted by atomic mass is 19.3. The summed E-state index contributed by atoms with van der Waals surface area (Å²) < 4.78 is 40.7. The van der Waals surface area contributed by atoms with E-state index in [4.69, 9.17) is 5.26 Å². The van der Waals surface area contributed by atoms with Crippen molar-refractivity contribution in [3.05, 3.63) is 35.1 Å². The van der Waals surface area contributed by atoms with Crippen LogP contribution in [-0.4, -0.2) is 23.3 Å². The van der Waals surface area contributed by atoms with Gasteiger partial charge >= 0.3 is 0 Å². The second-order valence-electron chi connectivity index (χ2n) is 6.36. The first-order valence-corrected chi connectivity index (χ1v) is 7.74. The summed E-state index contributed by atoms with van der Waals surface area (Å²) in [5, 5.41) is 8.97. The first kappa shape index (κ1) is 15.9. The molecule has 0 bridgehead atoms. The summed E-state index contributed by atoms with van der Waals surface area (Å²) >= 11 is 0. The summed E-state index contributed by atoms with van der Waals surface area (Å²) in [6, 6.07) is 5.18. The first-order chi connectivity index (χ1) is 10.9. The minimum absolute atomic E-state index is 0.0931. The van der Waals surface area contributed by atoms with E-state index in [9.17, 15) is 18.0 Å². The molecule has 2 saturated heterocycles. The Morgan fingerprint density at radius 1 is 1.39 bits per heavy atom. The van der Waals surface area contributed by atoms with Gasteiger partial charge in [-0.2, -0.15) is 5.26 Å². The van der Waals surface area contributed by atoms with E-state index >= 15 is 0 Å². The van der Waals surface area contributed by atoms with Crippen LogP contribution in [0.1, 0.15) is 49.8 Å². The van der Waals surface area contributed by atoms with Gasteiger partial charge in [-0.15, -0.1) is 0 Å². The number of nitrogens with zero attached hydrogens (tertiary/aromatic N) is 2. The van der Waals surface area contributed by atoms with Crippen molar-refractivity contribution >= 4 is 5.91 Å². The molecule has 0 aromatic heterocycles.